The maximum atomic E-state index is 12.2. The van der Waals surface area contributed by atoms with Crippen molar-refractivity contribution in [1.82, 2.24) is 5.32 Å². The van der Waals surface area contributed by atoms with Crippen LogP contribution < -0.4 is 5.32 Å². The van der Waals surface area contributed by atoms with Crippen LogP contribution in [0.4, 0.5) is 13.2 Å². The fourth-order valence-corrected chi connectivity index (χ4v) is 1.67. The summed E-state index contributed by atoms with van der Waals surface area (Å²) in [5.74, 6) is 0.623. The molecule has 1 nitrogen and oxygen atoms in total. The second-order valence-electron chi connectivity index (χ2n) is 4.72. The molecular formula is C11H22F3N. The van der Waals surface area contributed by atoms with Crippen LogP contribution in [-0.4, -0.2) is 12.3 Å². The highest BCUT2D eigenvalue weighted by molar-refractivity contribution is 4.72. The minimum Gasteiger partial charge on any atom is -0.225 e. The fourth-order valence-electron chi connectivity index (χ4n) is 1.67. The van der Waals surface area contributed by atoms with Gasteiger partial charge in [0.2, 0.25) is 0 Å². The second-order valence-corrected chi connectivity index (χ2v) is 4.72. The van der Waals surface area contributed by atoms with Crippen molar-refractivity contribution < 1.29 is 13.2 Å². The van der Waals surface area contributed by atoms with E-state index < -0.39 is 12.3 Å². The molecule has 0 aliphatic rings. The van der Waals surface area contributed by atoms with Crippen LogP contribution in [0.15, 0.2) is 0 Å². The van der Waals surface area contributed by atoms with Crippen LogP contribution in [0.1, 0.15) is 47.0 Å². The van der Waals surface area contributed by atoms with Crippen molar-refractivity contribution in [3.8, 4) is 0 Å². The Hall–Kier alpha value is -0.250. The predicted molar refractivity (Wildman–Crippen MR) is 56.5 cm³/mol. The molecule has 0 saturated heterocycles. The Balaban J connectivity index is 4.18. The minimum absolute atomic E-state index is 0.286. The van der Waals surface area contributed by atoms with Crippen molar-refractivity contribution in [2.24, 2.45) is 11.8 Å². The van der Waals surface area contributed by atoms with Crippen LogP contribution in [0.5, 0.6) is 0 Å². The molecule has 0 bridgehead atoms. The van der Waals surface area contributed by atoms with Gasteiger partial charge in [0.1, 0.15) is 0 Å². The summed E-state index contributed by atoms with van der Waals surface area (Å²) in [5, 5.41) is 1.75. The molecule has 1 N–H and O–H groups in total. The maximum Gasteiger partial charge on any atom is 0.457 e. The lowest BCUT2D eigenvalue weighted by Gasteiger charge is -2.24. The van der Waals surface area contributed by atoms with E-state index in [0.717, 1.165) is 6.42 Å². The molecule has 0 aliphatic heterocycles. The molecule has 92 valence electrons. The smallest absolute Gasteiger partial charge is 0.225 e. The zero-order valence-electron chi connectivity index (χ0n) is 9.99. The number of rotatable bonds is 6. The molecule has 0 aliphatic carbocycles. The lowest BCUT2D eigenvalue weighted by atomic mass is 9.93. The number of hydrogen-bond acceptors (Lipinski definition) is 1. The second kappa shape index (κ2) is 6.36. The first-order valence-corrected chi connectivity index (χ1v) is 5.59. The number of alkyl halides is 3. The molecule has 0 saturated carbocycles. The predicted octanol–water partition coefficient (Wildman–Crippen LogP) is 3.95. The van der Waals surface area contributed by atoms with E-state index >= 15 is 0 Å². The SMILES string of the molecule is CCC(C)CC(CC(C)C)NC(F)(F)F. The van der Waals surface area contributed by atoms with Crippen LogP contribution >= 0.6 is 0 Å². The molecule has 0 amide bonds. The van der Waals surface area contributed by atoms with Gasteiger partial charge in [-0.2, -0.15) is 13.2 Å². The normalized spacial score (nSPS) is 16.8. The van der Waals surface area contributed by atoms with E-state index in [-0.39, 0.29) is 5.92 Å². The Morgan fingerprint density at radius 1 is 1.07 bits per heavy atom. The third-order valence-corrected chi connectivity index (χ3v) is 2.51. The van der Waals surface area contributed by atoms with Crippen molar-refractivity contribution in [3.63, 3.8) is 0 Å². The highest BCUT2D eigenvalue weighted by atomic mass is 19.4. The monoisotopic (exact) mass is 225 g/mol. The summed E-state index contributed by atoms with van der Waals surface area (Å²) in [6.45, 7) is 7.89. The lowest BCUT2D eigenvalue weighted by molar-refractivity contribution is -0.166. The topological polar surface area (TPSA) is 12.0 Å². The summed E-state index contributed by atoms with van der Waals surface area (Å²) < 4.78 is 36.6. The minimum atomic E-state index is -4.26. The Morgan fingerprint density at radius 3 is 1.93 bits per heavy atom. The molecule has 4 heteroatoms. The summed E-state index contributed by atoms with van der Waals surface area (Å²) in [6, 6.07) is -0.444. The van der Waals surface area contributed by atoms with Gasteiger partial charge in [0.05, 0.1) is 0 Å². The summed E-state index contributed by atoms with van der Waals surface area (Å²) >= 11 is 0. The van der Waals surface area contributed by atoms with Crippen molar-refractivity contribution in [3.05, 3.63) is 0 Å². The lowest BCUT2D eigenvalue weighted by Crippen LogP contribution is -2.42. The molecular weight excluding hydrogens is 203 g/mol. The summed E-state index contributed by atoms with van der Waals surface area (Å²) in [4.78, 5) is 0. The summed E-state index contributed by atoms with van der Waals surface area (Å²) in [7, 11) is 0. The average Bonchev–Trinajstić information content (AvgIpc) is 1.99. The summed E-state index contributed by atoms with van der Waals surface area (Å²) in [5.41, 5.74) is 0. The van der Waals surface area contributed by atoms with Crippen molar-refractivity contribution in [2.75, 3.05) is 0 Å². The molecule has 0 aromatic heterocycles. The van der Waals surface area contributed by atoms with Gasteiger partial charge in [0.25, 0.3) is 0 Å². The largest absolute Gasteiger partial charge is 0.457 e. The number of nitrogens with one attached hydrogen (secondary N) is 1. The van der Waals surface area contributed by atoms with E-state index in [4.69, 9.17) is 0 Å². The molecule has 0 radical (unpaired) electrons. The maximum absolute atomic E-state index is 12.2. The van der Waals surface area contributed by atoms with Gasteiger partial charge in [0.15, 0.2) is 0 Å². The van der Waals surface area contributed by atoms with Crippen LogP contribution in [0, 0.1) is 11.8 Å². The summed E-state index contributed by atoms with van der Waals surface area (Å²) in [6.07, 6.45) is -2.17. The van der Waals surface area contributed by atoms with Gasteiger partial charge in [0, 0.05) is 6.04 Å². The molecule has 0 aromatic carbocycles. The van der Waals surface area contributed by atoms with Gasteiger partial charge in [-0.25, -0.2) is 5.32 Å². The van der Waals surface area contributed by atoms with Crippen molar-refractivity contribution in [1.29, 1.82) is 0 Å². The van der Waals surface area contributed by atoms with E-state index in [1.807, 2.05) is 27.7 Å². The van der Waals surface area contributed by atoms with Gasteiger partial charge >= 0.3 is 6.30 Å². The van der Waals surface area contributed by atoms with Gasteiger partial charge in [-0.05, 0) is 24.7 Å². The first kappa shape index (κ1) is 14.8. The van der Waals surface area contributed by atoms with Crippen LogP contribution in [0.3, 0.4) is 0 Å². The van der Waals surface area contributed by atoms with E-state index in [9.17, 15) is 13.2 Å². The molecule has 0 heterocycles. The first-order chi connectivity index (χ1) is 6.74. The average molecular weight is 225 g/mol. The Kier molecular flexibility index (Phi) is 6.25. The van der Waals surface area contributed by atoms with Crippen LogP contribution in [0.25, 0.3) is 0 Å². The molecule has 2 atom stereocenters. The Morgan fingerprint density at radius 2 is 1.60 bits per heavy atom. The molecule has 0 spiro atoms. The molecule has 15 heavy (non-hydrogen) atoms. The van der Waals surface area contributed by atoms with Crippen LogP contribution in [-0.2, 0) is 0 Å². The number of hydrogen-bond donors (Lipinski definition) is 1. The van der Waals surface area contributed by atoms with E-state index in [1.54, 1.807) is 5.32 Å². The third-order valence-electron chi connectivity index (χ3n) is 2.51. The molecule has 0 fully saturated rings. The molecule has 2 unspecified atom stereocenters. The Labute approximate surface area is 90.4 Å². The first-order valence-electron chi connectivity index (χ1n) is 5.59. The van der Waals surface area contributed by atoms with Crippen molar-refractivity contribution in [2.45, 2.75) is 59.3 Å². The third kappa shape index (κ3) is 8.73. The quantitative estimate of drug-likeness (QED) is 0.675. The van der Waals surface area contributed by atoms with E-state index in [2.05, 4.69) is 0 Å². The van der Waals surface area contributed by atoms with E-state index in [1.165, 1.54) is 0 Å². The Bertz CT molecular complexity index is 166. The zero-order chi connectivity index (χ0) is 12.1. The van der Waals surface area contributed by atoms with Gasteiger partial charge in [-0.15, -0.1) is 0 Å². The van der Waals surface area contributed by atoms with Gasteiger partial charge in [-0.1, -0.05) is 34.1 Å². The fraction of sp³-hybridized carbons (Fsp3) is 1.00. The van der Waals surface area contributed by atoms with Gasteiger partial charge < -0.3 is 0 Å². The van der Waals surface area contributed by atoms with Crippen LogP contribution in [0.2, 0.25) is 0 Å². The van der Waals surface area contributed by atoms with E-state index in [0.29, 0.717) is 18.8 Å². The highest BCUT2D eigenvalue weighted by Gasteiger charge is 2.31. The molecule has 0 rings (SSSR count). The molecule has 0 aromatic rings. The van der Waals surface area contributed by atoms with Gasteiger partial charge in [-0.3, -0.25) is 0 Å². The van der Waals surface area contributed by atoms with Crippen molar-refractivity contribution >= 4 is 0 Å². The number of halogens is 3. The standard InChI is InChI=1S/C11H22F3N/c1-5-9(4)7-10(6-8(2)3)15-11(12,13)14/h8-10,15H,5-7H2,1-4H3. The highest BCUT2D eigenvalue weighted by Crippen LogP contribution is 2.20. The zero-order valence-corrected chi connectivity index (χ0v) is 9.99.